The van der Waals surface area contributed by atoms with E-state index in [0.717, 1.165) is 38.8 Å². The summed E-state index contributed by atoms with van der Waals surface area (Å²) in [7, 11) is 0. The SMILES string of the molecule is CC(C)(C)c1ccc(C2CCC3(CCN(C(=O)[C@@H]4CCCOC(=O)NC4)CC3)C2)cc1. The number of benzene rings is 1. The molecule has 1 aliphatic carbocycles. The summed E-state index contributed by atoms with van der Waals surface area (Å²) < 4.78 is 5.01. The van der Waals surface area contributed by atoms with Gasteiger partial charge in [0.1, 0.15) is 0 Å². The number of nitrogens with one attached hydrogen (secondary N) is 1. The average Bonchev–Trinajstić information content (AvgIpc) is 3.14. The predicted molar refractivity (Wildman–Crippen MR) is 122 cm³/mol. The summed E-state index contributed by atoms with van der Waals surface area (Å²) >= 11 is 0. The van der Waals surface area contributed by atoms with E-state index >= 15 is 0 Å². The van der Waals surface area contributed by atoms with Crippen LogP contribution in [0.3, 0.4) is 0 Å². The van der Waals surface area contributed by atoms with E-state index in [1.54, 1.807) is 0 Å². The topological polar surface area (TPSA) is 58.6 Å². The quantitative estimate of drug-likeness (QED) is 0.724. The third-order valence-electron chi connectivity index (χ3n) is 7.86. The minimum absolute atomic E-state index is 0.112. The van der Waals surface area contributed by atoms with Crippen LogP contribution in [0.1, 0.15) is 82.8 Å². The Kier molecular flexibility index (Phi) is 6.32. The zero-order valence-electron chi connectivity index (χ0n) is 19.4. The predicted octanol–water partition coefficient (Wildman–Crippen LogP) is 5.00. The van der Waals surface area contributed by atoms with Crippen LogP contribution in [-0.2, 0) is 14.9 Å². The van der Waals surface area contributed by atoms with E-state index in [2.05, 4.69) is 55.3 Å². The van der Waals surface area contributed by atoms with Crippen LogP contribution in [0.4, 0.5) is 4.79 Å². The first kappa shape index (κ1) is 22.2. The van der Waals surface area contributed by atoms with Gasteiger partial charge in [-0.1, -0.05) is 45.0 Å². The summed E-state index contributed by atoms with van der Waals surface area (Å²) in [5.74, 6) is 0.751. The molecule has 1 saturated carbocycles. The number of amides is 2. The number of cyclic esters (lactones) is 1. The Morgan fingerprint density at radius 3 is 2.48 bits per heavy atom. The maximum absolute atomic E-state index is 13.1. The molecule has 3 fully saturated rings. The van der Waals surface area contributed by atoms with Crippen molar-refractivity contribution in [3.8, 4) is 0 Å². The number of piperidine rings is 1. The Morgan fingerprint density at radius 2 is 1.81 bits per heavy atom. The molecule has 2 atom stereocenters. The van der Waals surface area contributed by atoms with Crippen LogP contribution in [0.15, 0.2) is 24.3 Å². The average molecular weight is 427 g/mol. The number of nitrogens with zero attached hydrogens (tertiary/aromatic N) is 1. The molecule has 1 aromatic rings. The van der Waals surface area contributed by atoms with Gasteiger partial charge < -0.3 is 15.0 Å². The molecular formula is C26H38N2O3. The third kappa shape index (κ3) is 5.07. The summed E-state index contributed by atoms with van der Waals surface area (Å²) in [6.45, 7) is 9.30. The van der Waals surface area contributed by atoms with Crippen molar-refractivity contribution in [3.05, 3.63) is 35.4 Å². The summed E-state index contributed by atoms with van der Waals surface area (Å²) in [6.07, 6.45) is 7.15. The van der Waals surface area contributed by atoms with Crippen LogP contribution in [0.5, 0.6) is 0 Å². The molecule has 0 aromatic heterocycles. The standard InChI is InChI=1S/C26H38N2O3/c1-25(2,3)22-8-6-19(7-9-22)20-10-11-26(17-20)12-14-28(15-13-26)23(29)21-5-4-16-31-24(30)27-18-21/h6-9,20-21H,4-5,10-18H2,1-3H3,(H,27,30)/t20?,21-/m1/s1. The Balaban J connectivity index is 1.32. The van der Waals surface area contributed by atoms with Crippen molar-refractivity contribution in [3.63, 3.8) is 0 Å². The summed E-state index contributed by atoms with van der Waals surface area (Å²) in [4.78, 5) is 26.6. The van der Waals surface area contributed by atoms with Crippen molar-refractivity contribution >= 4 is 12.0 Å². The molecule has 3 aliphatic rings. The number of carbonyl (C=O) groups is 2. The van der Waals surface area contributed by atoms with Crippen LogP contribution >= 0.6 is 0 Å². The second-order valence-corrected chi connectivity index (χ2v) is 11.0. The fourth-order valence-electron chi connectivity index (χ4n) is 5.73. The molecule has 2 amide bonds. The number of carbonyl (C=O) groups excluding carboxylic acids is 2. The number of ether oxygens (including phenoxy) is 1. The van der Waals surface area contributed by atoms with Gasteiger partial charge in [0.05, 0.1) is 12.5 Å². The summed E-state index contributed by atoms with van der Waals surface area (Å²) in [5.41, 5.74) is 3.47. The summed E-state index contributed by atoms with van der Waals surface area (Å²) in [5, 5.41) is 2.73. The lowest BCUT2D eigenvalue weighted by molar-refractivity contribution is -0.138. The molecule has 0 bridgehead atoms. The van der Waals surface area contributed by atoms with Gasteiger partial charge in [-0.15, -0.1) is 0 Å². The van der Waals surface area contributed by atoms with Gasteiger partial charge in [0, 0.05) is 19.6 Å². The monoisotopic (exact) mass is 426 g/mol. The molecule has 4 rings (SSSR count). The van der Waals surface area contributed by atoms with Crippen LogP contribution in [0, 0.1) is 11.3 Å². The van der Waals surface area contributed by atoms with Crippen molar-refractivity contribution in [1.29, 1.82) is 0 Å². The van der Waals surface area contributed by atoms with E-state index in [1.165, 1.54) is 30.4 Å². The Bertz CT molecular complexity index is 788. The molecule has 170 valence electrons. The highest BCUT2D eigenvalue weighted by atomic mass is 16.5. The number of likely N-dealkylation sites (tertiary alicyclic amines) is 1. The van der Waals surface area contributed by atoms with E-state index in [9.17, 15) is 9.59 Å². The van der Waals surface area contributed by atoms with E-state index < -0.39 is 6.09 Å². The van der Waals surface area contributed by atoms with Crippen molar-refractivity contribution in [2.24, 2.45) is 11.3 Å². The second-order valence-electron chi connectivity index (χ2n) is 11.0. The van der Waals surface area contributed by atoms with Crippen LogP contribution in [-0.4, -0.2) is 43.1 Å². The van der Waals surface area contributed by atoms with Crippen molar-refractivity contribution < 1.29 is 14.3 Å². The highest BCUT2D eigenvalue weighted by Crippen LogP contribution is 2.52. The van der Waals surface area contributed by atoms with E-state index in [4.69, 9.17) is 4.74 Å². The Labute approximate surface area is 186 Å². The molecule has 0 radical (unpaired) electrons. The molecule has 1 unspecified atom stereocenters. The van der Waals surface area contributed by atoms with Gasteiger partial charge in [-0.25, -0.2) is 4.79 Å². The highest BCUT2D eigenvalue weighted by molar-refractivity contribution is 5.80. The van der Waals surface area contributed by atoms with Crippen LogP contribution in [0.25, 0.3) is 0 Å². The van der Waals surface area contributed by atoms with Crippen molar-refractivity contribution in [2.75, 3.05) is 26.2 Å². The molecule has 5 nitrogen and oxygen atoms in total. The van der Waals surface area contributed by atoms with E-state index in [0.29, 0.717) is 24.5 Å². The second kappa shape index (κ2) is 8.84. The maximum atomic E-state index is 13.1. The summed E-state index contributed by atoms with van der Waals surface area (Å²) in [6, 6.07) is 9.30. The van der Waals surface area contributed by atoms with E-state index in [-0.39, 0.29) is 17.2 Å². The van der Waals surface area contributed by atoms with Gasteiger partial charge in [0.2, 0.25) is 5.91 Å². The molecular weight excluding hydrogens is 388 g/mol. The Hall–Kier alpha value is -2.04. The minimum atomic E-state index is -0.400. The van der Waals surface area contributed by atoms with Crippen molar-refractivity contribution in [2.45, 2.75) is 77.0 Å². The van der Waals surface area contributed by atoms with E-state index in [1.807, 2.05) is 0 Å². The molecule has 1 spiro atoms. The molecule has 2 aliphatic heterocycles. The van der Waals surface area contributed by atoms with Gasteiger partial charge in [0.15, 0.2) is 0 Å². The van der Waals surface area contributed by atoms with Gasteiger partial charge in [0.25, 0.3) is 0 Å². The first-order valence-corrected chi connectivity index (χ1v) is 12.1. The fraction of sp³-hybridized carbons (Fsp3) is 0.692. The van der Waals surface area contributed by atoms with Crippen LogP contribution in [0.2, 0.25) is 0 Å². The first-order chi connectivity index (χ1) is 14.8. The molecule has 5 heteroatoms. The van der Waals surface area contributed by atoms with Gasteiger partial charge in [-0.2, -0.15) is 0 Å². The molecule has 31 heavy (non-hydrogen) atoms. The molecule has 2 heterocycles. The maximum Gasteiger partial charge on any atom is 0.407 e. The highest BCUT2D eigenvalue weighted by Gasteiger charge is 2.43. The number of hydrogen-bond donors (Lipinski definition) is 1. The Morgan fingerprint density at radius 1 is 1.10 bits per heavy atom. The van der Waals surface area contributed by atoms with Crippen molar-refractivity contribution in [1.82, 2.24) is 10.2 Å². The lowest BCUT2D eigenvalue weighted by Crippen LogP contribution is -2.47. The number of hydrogen-bond acceptors (Lipinski definition) is 3. The van der Waals surface area contributed by atoms with Gasteiger partial charge >= 0.3 is 6.09 Å². The minimum Gasteiger partial charge on any atom is -0.450 e. The van der Waals surface area contributed by atoms with Crippen LogP contribution < -0.4 is 5.32 Å². The lowest BCUT2D eigenvalue weighted by Gasteiger charge is -2.41. The lowest BCUT2D eigenvalue weighted by atomic mass is 9.75. The molecule has 1 N–H and O–H groups in total. The zero-order chi connectivity index (χ0) is 22.1. The smallest absolute Gasteiger partial charge is 0.407 e. The normalized spacial score (nSPS) is 26.7. The first-order valence-electron chi connectivity index (χ1n) is 12.1. The van der Waals surface area contributed by atoms with Gasteiger partial charge in [-0.05, 0) is 72.8 Å². The third-order valence-corrected chi connectivity index (χ3v) is 7.86. The number of alkyl carbamates (subject to hydrolysis) is 1. The fourth-order valence-corrected chi connectivity index (χ4v) is 5.73. The zero-order valence-corrected chi connectivity index (χ0v) is 19.4. The molecule has 2 saturated heterocycles. The largest absolute Gasteiger partial charge is 0.450 e. The van der Waals surface area contributed by atoms with Gasteiger partial charge in [-0.3, -0.25) is 4.79 Å². The number of rotatable bonds is 2. The molecule has 1 aromatic carbocycles.